The van der Waals surface area contributed by atoms with Gasteiger partial charge in [-0.05, 0) is 80.2 Å². The van der Waals surface area contributed by atoms with E-state index in [9.17, 15) is 4.79 Å². The molecule has 0 atom stereocenters. The molecule has 0 spiro atoms. The number of nitrogens with zero attached hydrogens (tertiary/aromatic N) is 3. The van der Waals surface area contributed by atoms with E-state index < -0.39 is 5.60 Å². The molecule has 1 aliphatic rings. The van der Waals surface area contributed by atoms with E-state index in [-0.39, 0.29) is 6.09 Å². The lowest BCUT2D eigenvalue weighted by Crippen LogP contribution is -2.43. The highest BCUT2D eigenvalue weighted by Crippen LogP contribution is 2.21. The first-order valence-electron chi connectivity index (χ1n) is 8.50. The normalized spacial score (nSPS) is 16.5. The maximum atomic E-state index is 12.1. The van der Waals surface area contributed by atoms with E-state index in [1.807, 2.05) is 37.9 Å². The lowest BCUT2D eigenvalue weighted by molar-refractivity contribution is 0.0172. The molecule has 6 heteroatoms. The number of pyridine rings is 1. The maximum Gasteiger partial charge on any atom is 0.410 e. The van der Waals surface area contributed by atoms with Gasteiger partial charge in [-0.1, -0.05) is 0 Å². The summed E-state index contributed by atoms with van der Waals surface area (Å²) in [5, 5.41) is 0. The molecule has 0 saturated carbocycles. The fraction of sp³-hybridized carbons (Fsp3) is 0.667. The lowest BCUT2D eigenvalue weighted by atomic mass is 9.96. The van der Waals surface area contributed by atoms with Gasteiger partial charge in [0.1, 0.15) is 10.2 Å². The van der Waals surface area contributed by atoms with Crippen LogP contribution in [-0.2, 0) is 11.3 Å². The van der Waals surface area contributed by atoms with Crippen molar-refractivity contribution in [3.8, 4) is 0 Å². The van der Waals surface area contributed by atoms with Crippen LogP contribution in [0.4, 0.5) is 4.79 Å². The number of ether oxygens (including phenoxy) is 1. The number of likely N-dealkylation sites (tertiary alicyclic amines) is 1. The number of hydrogen-bond acceptors (Lipinski definition) is 4. The van der Waals surface area contributed by atoms with Crippen LogP contribution in [0.5, 0.6) is 0 Å². The van der Waals surface area contributed by atoms with Gasteiger partial charge in [0.25, 0.3) is 0 Å². The molecule has 0 radical (unpaired) electrons. The molecule has 1 fully saturated rings. The second kappa shape index (κ2) is 8.30. The highest BCUT2D eigenvalue weighted by molar-refractivity contribution is 9.10. The molecule has 24 heavy (non-hydrogen) atoms. The maximum absolute atomic E-state index is 12.1. The fourth-order valence-corrected chi connectivity index (χ4v) is 3.39. The first-order valence-corrected chi connectivity index (χ1v) is 9.29. The van der Waals surface area contributed by atoms with Crippen molar-refractivity contribution in [3.05, 3.63) is 28.5 Å². The Morgan fingerprint density at radius 1 is 1.42 bits per heavy atom. The first kappa shape index (κ1) is 19.2. The van der Waals surface area contributed by atoms with Crippen molar-refractivity contribution in [2.45, 2.75) is 45.8 Å². The van der Waals surface area contributed by atoms with Crippen molar-refractivity contribution >= 4 is 22.0 Å². The van der Waals surface area contributed by atoms with E-state index in [0.717, 1.165) is 43.6 Å². The molecular weight excluding hydrogens is 370 g/mol. The second-order valence-corrected chi connectivity index (χ2v) is 8.41. The summed E-state index contributed by atoms with van der Waals surface area (Å²) in [6.07, 6.45) is 3.70. The van der Waals surface area contributed by atoms with E-state index in [1.54, 1.807) is 0 Å². The summed E-state index contributed by atoms with van der Waals surface area (Å²) in [6.45, 7) is 9.25. The SMILES string of the molecule is CN(Cc1ccnc(Br)c1)CC1CCN(C(=O)OC(C)(C)C)CC1. The first-order chi connectivity index (χ1) is 11.2. The highest BCUT2D eigenvalue weighted by Gasteiger charge is 2.27. The number of carbonyl (C=O) groups excluding carboxylic acids is 1. The van der Waals surface area contributed by atoms with Crippen LogP contribution < -0.4 is 0 Å². The van der Waals surface area contributed by atoms with Gasteiger partial charge in [-0.15, -0.1) is 0 Å². The van der Waals surface area contributed by atoms with E-state index >= 15 is 0 Å². The average molecular weight is 398 g/mol. The Morgan fingerprint density at radius 3 is 2.67 bits per heavy atom. The van der Waals surface area contributed by atoms with Gasteiger partial charge in [-0.3, -0.25) is 0 Å². The monoisotopic (exact) mass is 397 g/mol. The van der Waals surface area contributed by atoms with Crippen LogP contribution in [0.15, 0.2) is 22.9 Å². The van der Waals surface area contributed by atoms with Gasteiger partial charge in [-0.2, -0.15) is 0 Å². The van der Waals surface area contributed by atoms with Gasteiger partial charge in [0.05, 0.1) is 0 Å². The standard InChI is InChI=1S/C18H28BrN3O2/c1-18(2,3)24-17(23)22-9-6-14(7-10-22)12-21(4)13-15-5-8-20-16(19)11-15/h5,8,11,14H,6-7,9-10,12-13H2,1-4H3. The molecule has 1 aromatic rings. The van der Waals surface area contributed by atoms with Crippen LogP contribution in [-0.4, -0.2) is 53.2 Å². The Balaban J connectivity index is 1.75. The number of piperidine rings is 1. The van der Waals surface area contributed by atoms with E-state index in [1.165, 1.54) is 5.56 Å². The smallest absolute Gasteiger partial charge is 0.410 e. The second-order valence-electron chi connectivity index (χ2n) is 7.59. The molecule has 5 nitrogen and oxygen atoms in total. The fourth-order valence-electron chi connectivity index (χ4n) is 2.98. The van der Waals surface area contributed by atoms with E-state index in [0.29, 0.717) is 5.92 Å². The molecule has 1 aromatic heterocycles. The molecule has 2 heterocycles. The van der Waals surface area contributed by atoms with E-state index in [2.05, 4.69) is 38.9 Å². The third-order valence-corrected chi connectivity index (χ3v) is 4.51. The molecule has 0 aromatic carbocycles. The molecule has 1 amide bonds. The number of hydrogen-bond donors (Lipinski definition) is 0. The highest BCUT2D eigenvalue weighted by atomic mass is 79.9. The topological polar surface area (TPSA) is 45.7 Å². The van der Waals surface area contributed by atoms with Crippen molar-refractivity contribution in [1.82, 2.24) is 14.8 Å². The third-order valence-electron chi connectivity index (χ3n) is 4.08. The zero-order valence-corrected chi connectivity index (χ0v) is 16.7. The van der Waals surface area contributed by atoms with Gasteiger partial charge in [-0.25, -0.2) is 9.78 Å². The Hall–Kier alpha value is -1.14. The largest absolute Gasteiger partial charge is 0.444 e. The predicted molar refractivity (Wildman–Crippen MR) is 98.8 cm³/mol. The van der Waals surface area contributed by atoms with Crippen LogP contribution >= 0.6 is 15.9 Å². The molecule has 134 valence electrons. The Morgan fingerprint density at radius 2 is 2.08 bits per heavy atom. The van der Waals surface area contributed by atoms with Gasteiger partial charge in [0.2, 0.25) is 0 Å². The summed E-state index contributed by atoms with van der Waals surface area (Å²) in [6, 6.07) is 4.11. The van der Waals surface area contributed by atoms with Crippen molar-refractivity contribution in [2.24, 2.45) is 5.92 Å². The predicted octanol–water partition coefficient (Wildman–Crippen LogP) is 3.92. The van der Waals surface area contributed by atoms with Crippen LogP contribution in [0.1, 0.15) is 39.2 Å². The Kier molecular flexibility index (Phi) is 6.63. The zero-order valence-electron chi connectivity index (χ0n) is 15.1. The summed E-state index contributed by atoms with van der Waals surface area (Å²) >= 11 is 3.41. The quantitative estimate of drug-likeness (QED) is 0.722. The molecule has 0 aliphatic carbocycles. The molecule has 0 bridgehead atoms. The van der Waals surface area contributed by atoms with Crippen molar-refractivity contribution in [3.63, 3.8) is 0 Å². The number of rotatable bonds is 4. The van der Waals surface area contributed by atoms with Crippen LogP contribution in [0.3, 0.4) is 0 Å². The minimum absolute atomic E-state index is 0.184. The summed E-state index contributed by atoms with van der Waals surface area (Å²) in [4.78, 5) is 20.4. The number of amides is 1. The molecule has 0 unspecified atom stereocenters. The Bertz CT molecular complexity index is 551. The van der Waals surface area contributed by atoms with Gasteiger partial charge in [0.15, 0.2) is 0 Å². The van der Waals surface area contributed by atoms with Crippen LogP contribution in [0, 0.1) is 5.92 Å². The molecule has 1 aliphatic heterocycles. The zero-order chi connectivity index (χ0) is 17.7. The minimum Gasteiger partial charge on any atom is -0.444 e. The summed E-state index contributed by atoms with van der Waals surface area (Å²) in [5.74, 6) is 0.624. The molecular formula is C18H28BrN3O2. The minimum atomic E-state index is -0.424. The van der Waals surface area contributed by atoms with E-state index in [4.69, 9.17) is 4.74 Å². The number of aromatic nitrogens is 1. The lowest BCUT2D eigenvalue weighted by Gasteiger charge is -2.34. The molecule has 1 saturated heterocycles. The average Bonchev–Trinajstić information content (AvgIpc) is 2.46. The van der Waals surface area contributed by atoms with Crippen molar-refractivity contribution < 1.29 is 9.53 Å². The van der Waals surface area contributed by atoms with Gasteiger partial charge in [0, 0.05) is 32.4 Å². The molecule has 0 N–H and O–H groups in total. The van der Waals surface area contributed by atoms with Gasteiger partial charge >= 0.3 is 6.09 Å². The Labute approximate surface area is 153 Å². The summed E-state index contributed by atoms with van der Waals surface area (Å²) < 4.78 is 6.32. The van der Waals surface area contributed by atoms with Gasteiger partial charge < -0.3 is 14.5 Å². The van der Waals surface area contributed by atoms with Crippen molar-refractivity contribution in [1.29, 1.82) is 0 Å². The summed E-state index contributed by atoms with van der Waals surface area (Å²) in [7, 11) is 2.15. The number of halogens is 1. The van der Waals surface area contributed by atoms with Crippen molar-refractivity contribution in [2.75, 3.05) is 26.7 Å². The number of carbonyl (C=O) groups is 1. The van der Waals surface area contributed by atoms with Crippen LogP contribution in [0.25, 0.3) is 0 Å². The third kappa shape index (κ3) is 6.40. The summed E-state index contributed by atoms with van der Waals surface area (Å²) in [5.41, 5.74) is 0.832. The van der Waals surface area contributed by atoms with Crippen LogP contribution in [0.2, 0.25) is 0 Å². The molecule has 2 rings (SSSR count).